The van der Waals surface area contributed by atoms with E-state index in [-0.39, 0.29) is 11.3 Å². The lowest BCUT2D eigenvalue weighted by Gasteiger charge is -2.49. The van der Waals surface area contributed by atoms with Gasteiger partial charge >= 0.3 is 0 Å². The van der Waals surface area contributed by atoms with E-state index in [2.05, 4.69) is 29.8 Å². The van der Waals surface area contributed by atoms with Crippen LogP contribution in [0.1, 0.15) is 44.9 Å². The maximum atomic E-state index is 12.9. The number of aliphatic hydroxyl groups is 1. The van der Waals surface area contributed by atoms with E-state index in [1.54, 1.807) is 24.5 Å². The summed E-state index contributed by atoms with van der Waals surface area (Å²) >= 11 is 1.87. The Morgan fingerprint density at radius 3 is 2.79 bits per heavy atom. The molecule has 0 bridgehead atoms. The maximum Gasteiger partial charge on any atom is 0.255 e. The summed E-state index contributed by atoms with van der Waals surface area (Å²) in [4.78, 5) is 24.1. The van der Waals surface area contributed by atoms with Gasteiger partial charge in [0, 0.05) is 41.8 Å². The van der Waals surface area contributed by atoms with Gasteiger partial charge in [0.15, 0.2) is 0 Å². The molecule has 2 aromatic rings. The minimum Gasteiger partial charge on any atom is -0.391 e. The molecular weight excluding hydrogens is 370 g/mol. The summed E-state index contributed by atoms with van der Waals surface area (Å²) in [5.41, 5.74) is 2.08. The first-order chi connectivity index (χ1) is 13.4. The van der Waals surface area contributed by atoms with Crippen LogP contribution < -0.4 is 0 Å². The number of amides is 1. The van der Waals surface area contributed by atoms with Gasteiger partial charge in [-0.2, -0.15) is 0 Å². The summed E-state index contributed by atoms with van der Waals surface area (Å²) in [6.07, 6.45) is 5.71. The number of thiophene rings is 1. The molecule has 0 aliphatic carbocycles. The second-order valence-electron chi connectivity index (χ2n) is 8.50. The van der Waals surface area contributed by atoms with Crippen molar-refractivity contribution in [3.8, 4) is 0 Å². The second kappa shape index (κ2) is 7.93. The van der Waals surface area contributed by atoms with Crippen LogP contribution in [-0.4, -0.2) is 58.1 Å². The average molecular weight is 400 g/mol. The van der Waals surface area contributed by atoms with Gasteiger partial charge in [0.05, 0.1) is 11.7 Å². The third-order valence-corrected chi connectivity index (χ3v) is 7.28. The SMILES string of the molecule is Cc1cc(CN2CCC3(CC2)CC(O)CN(C(=O)c2cccnc2)C3)c(C)s1. The summed E-state index contributed by atoms with van der Waals surface area (Å²) in [6, 6.07) is 5.90. The highest BCUT2D eigenvalue weighted by atomic mass is 32.1. The van der Waals surface area contributed by atoms with E-state index in [0.717, 1.165) is 45.4 Å². The van der Waals surface area contributed by atoms with Gasteiger partial charge in [-0.25, -0.2) is 0 Å². The standard InChI is InChI=1S/C22H29N3O2S/c1-16-10-19(17(2)28-16)13-24-8-5-22(6-9-24)11-20(26)14-25(15-22)21(27)18-4-3-7-23-12-18/h3-4,7,10,12,20,26H,5-6,8-9,11,13-15H2,1-2H3. The number of β-amino-alcohol motifs (C(OH)–C–C–N with tert-alkyl or cyclic N) is 1. The Bertz CT molecular complexity index is 828. The van der Waals surface area contributed by atoms with Crippen molar-refractivity contribution in [2.45, 2.75) is 45.8 Å². The fourth-order valence-corrected chi connectivity index (χ4v) is 5.75. The molecule has 2 aliphatic heterocycles. The molecule has 1 unspecified atom stereocenters. The van der Waals surface area contributed by atoms with Crippen molar-refractivity contribution in [2.75, 3.05) is 26.2 Å². The number of nitrogens with zero attached hydrogens (tertiary/aromatic N) is 3. The molecule has 2 aliphatic rings. The van der Waals surface area contributed by atoms with E-state index >= 15 is 0 Å². The first kappa shape index (κ1) is 19.6. The van der Waals surface area contributed by atoms with Gasteiger partial charge < -0.3 is 10.0 Å². The van der Waals surface area contributed by atoms with E-state index in [4.69, 9.17) is 0 Å². The lowest BCUT2D eigenvalue weighted by atomic mass is 9.71. The van der Waals surface area contributed by atoms with Crippen molar-refractivity contribution < 1.29 is 9.90 Å². The number of aliphatic hydroxyl groups excluding tert-OH is 1. The molecule has 0 saturated carbocycles. The summed E-state index contributed by atoms with van der Waals surface area (Å²) in [5, 5.41) is 10.5. The predicted octanol–water partition coefficient (Wildman–Crippen LogP) is 3.25. The number of piperidine rings is 2. The first-order valence-corrected chi connectivity index (χ1v) is 10.9. The highest BCUT2D eigenvalue weighted by Gasteiger charge is 2.43. The fraction of sp³-hybridized carbons (Fsp3) is 0.545. The predicted molar refractivity (Wildman–Crippen MR) is 112 cm³/mol. The summed E-state index contributed by atoms with van der Waals surface area (Å²) in [5.74, 6) is -0.0157. The minimum atomic E-state index is -0.442. The van der Waals surface area contributed by atoms with E-state index in [1.807, 2.05) is 16.2 Å². The van der Waals surface area contributed by atoms with Crippen molar-refractivity contribution in [1.29, 1.82) is 0 Å². The van der Waals surface area contributed by atoms with Crippen LogP contribution in [0.5, 0.6) is 0 Å². The second-order valence-corrected chi connectivity index (χ2v) is 9.96. The van der Waals surface area contributed by atoms with Crippen LogP contribution >= 0.6 is 11.3 Å². The van der Waals surface area contributed by atoms with Crippen LogP contribution in [0.15, 0.2) is 30.6 Å². The molecule has 4 rings (SSSR count). The van der Waals surface area contributed by atoms with Crippen LogP contribution in [0.3, 0.4) is 0 Å². The lowest BCUT2D eigenvalue weighted by Crippen LogP contribution is -2.55. The Morgan fingerprint density at radius 2 is 2.14 bits per heavy atom. The number of aromatic nitrogens is 1. The molecule has 2 saturated heterocycles. The Labute approximate surface area is 171 Å². The van der Waals surface area contributed by atoms with E-state index in [0.29, 0.717) is 12.1 Å². The van der Waals surface area contributed by atoms with Crippen LogP contribution in [0.25, 0.3) is 0 Å². The van der Waals surface area contributed by atoms with Crippen molar-refractivity contribution in [3.63, 3.8) is 0 Å². The van der Waals surface area contributed by atoms with Gasteiger partial charge in [-0.05, 0) is 75.4 Å². The van der Waals surface area contributed by atoms with Gasteiger partial charge in [-0.1, -0.05) is 0 Å². The summed E-state index contributed by atoms with van der Waals surface area (Å²) < 4.78 is 0. The number of hydrogen-bond acceptors (Lipinski definition) is 5. The number of rotatable bonds is 3. The zero-order valence-electron chi connectivity index (χ0n) is 16.7. The molecule has 1 spiro atoms. The first-order valence-electron chi connectivity index (χ1n) is 10.1. The van der Waals surface area contributed by atoms with E-state index < -0.39 is 6.10 Å². The Kier molecular flexibility index (Phi) is 5.54. The van der Waals surface area contributed by atoms with Gasteiger partial charge in [0.2, 0.25) is 0 Å². The topological polar surface area (TPSA) is 56.7 Å². The Morgan fingerprint density at radius 1 is 1.36 bits per heavy atom. The van der Waals surface area contributed by atoms with E-state index in [1.165, 1.54) is 15.3 Å². The molecule has 150 valence electrons. The van der Waals surface area contributed by atoms with Crippen molar-refractivity contribution in [2.24, 2.45) is 5.41 Å². The van der Waals surface area contributed by atoms with Gasteiger partial charge in [0.1, 0.15) is 0 Å². The molecule has 4 heterocycles. The molecule has 6 heteroatoms. The number of carbonyl (C=O) groups excluding carboxylic acids is 1. The summed E-state index contributed by atoms with van der Waals surface area (Å²) in [6.45, 7) is 8.59. The largest absolute Gasteiger partial charge is 0.391 e. The number of likely N-dealkylation sites (tertiary alicyclic amines) is 2. The molecule has 0 radical (unpaired) electrons. The van der Waals surface area contributed by atoms with E-state index in [9.17, 15) is 9.90 Å². The lowest BCUT2D eigenvalue weighted by molar-refractivity contribution is -0.0337. The monoisotopic (exact) mass is 399 g/mol. The molecule has 1 amide bonds. The fourth-order valence-electron chi connectivity index (χ4n) is 4.81. The van der Waals surface area contributed by atoms with Crippen molar-refractivity contribution in [3.05, 3.63) is 51.5 Å². The third-order valence-electron chi connectivity index (χ3n) is 6.28. The molecule has 0 aromatic carbocycles. The highest BCUT2D eigenvalue weighted by molar-refractivity contribution is 7.12. The van der Waals surface area contributed by atoms with Crippen molar-refractivity contribution in [1.82, 2.24) is 14.8 Å². The zero-order chi connectivity index (χ0) is 19.7. The molecule has 1 atom stereocenters. The summed E-state index contributed by atoms with van der Waals surface area (Å²) in [7, 11) is 0. The quantitative estimate of drug-likeness (QED) is 0.861. The highest BCUT2D eigenvalue weighted by Crippen LogP contribution is 2.40. The molecule has 1 N–H and O–H groups in total. The molecular formula is C22H29N3O2S. The Hall–Kier alpha value is -1.76. The van der Waals surface area contributed by atoms with Gasteiger partial charge in [-0.3, -0.25) is 14.7 Å². The minimum absolute atomic E-state index is 0.0157. The number of hydrogen-bond donors (Lipinski definition) is 1. The molecule has 2 aromatic heterocycles. The molecule has 28 heavy (non-hydrogen) atoms. The smallest absolute Gasteiger partial charge is 0.255 e. The average Bonchev–Trinajstić information content (AvgIpc) is 3.00. The van der Waals surface area contributed by atoms with Gasteiger partial charge in [-0.15, -0.1) is 11.3 Å². The maximum absolute atomic E-state index is 12.9. The van der Waals surface area contributed by atoms with Crippen LogP contribution in [0, 0.1) is 19.3 Å². The number of pyridine rings is 1. The zero-order valence-corrected chi connectivity index (χ0v) is 17.5. The molecule has 5 nitrogen and oxygen atoms in total. The third kappa shape index (κ3) is 4.14. The van der Waals surface area contributed by atoms with Gasteiger partial charge in [0.25, 0.3) is 5.91 Å². The van der Waals surface area contributed by atoms with Crippen LogP contribution in [-0.2, 0) is 6.54 Å². The number of aryl methyl sites for hydroxylation is 2. The molecule has 2 fully saturated rings. The van der Waals surface area contributed by atoms with Crippen LogP contribution in [0.4, 0.5) is 0 Å². The van der Waals surface area contributed by atoms with Crippen molar-refractivity contribution >= 4 is 17.2 Å². The van der Waals surface area contributed by atoms with Crippen LogP contribution in [0.2, 0.25) is 0 Å². The number of carbonyl (C=O) groups is 1. The Balaban J connectivity index is 1.41. The normalized spacial score (nSPS) is 22.5.